The summed E-state index contributed by atoms with van der Waals surface area (Å²) in [5.41, 5.74) is 2.09. The van der Waals surface area contributed by atoms with Crippen molar-refractivity contribution in [1.82, 2.24) is 4.90 Å². The zero-order chi connectivity index (χ0) is 18.6. The molecule has 5 heteroatoms. The molecule has 5 nitrogen and oxygen atoms in total. The third-order valence-electron chi connectivity index (χ3n) is 5.39. The lowest BCUT2D eigenvalue weighted by molar-refractivity contribution is -0.133. The molecule has 0 atom stereocenters. The van der Waals surface area contributed by atoms with Crippen molar-refractivity contribution in [2.45, 2.75) is 44.7 Å². The monoisotopic (exact) mass is 367 g/mol. The van der Waals surface area contributed by atoms with Crippen LogP contribution in [0.15, 0.2) is 42.5 Å². The minimum absolute atomic E-state index is 0.171. The van der Waals surface area contributed by atoms with E-state index in [1.807, 2.05) is 42.5 Å². The van der Waals surface area contributed by atoms with Gasteiger partial charge in [-0.25, -0.2) is 0 Å². The summed E-state index contributed by atoms with van der Waals surface area (Å²) in [6.07, 6.45) is 4.96. The maximum Gasteiger partial charge on any atom is 0.231 e. The Morgan fingerprint density at radius 3 is 2.48 bits per heavy atom. The van der Waals surface area contributed by atoms with Crippen LogP contribution in [0.25, 0.3) is 0 Å². The van der Waals surface area contributed by atoms with Gasteiger partial charge in [0.2, 0.25) is 12.7 Å². The van der Waals surface area contributed by atoms with Gasteiger partial charge in [-0.1, -0.05) is 31.0 Å². The average Bonchev–Trinajstić information content (AvgIpc) is 3.38. The molecule has 142 valence electrons. The predicted octanol–water partition coefficient (Wildman–Crippen LogP) is 3.94. The molecule has 0 saturated heterocycles. The van der Waals surface area contributed by atoms with Gasteiger partial charge in [-0.3, -0.25) is 4.79 Å². The second-order valence-corrected chi connectivity index (χ2v) is 7.17. The average molecular weight is 367 g/mol. The minimum atomic E-state index is 0.171. The normalized spacial score (nSPS) is 15.7. The van der Waals surface area contributed by atoms with Gasteiger partial charge in [-0.15, -0.1) is 0 Å². The Labute approximate surface area is 159 Å². The van der Waals surface area contributed by atoms with E-state index in [0.717, 1.165) is 41.2 Å². The van der Waals surface area contributed by atoms with Crippen LogP contribution in [-0.2, 0) is 17.8 Å². The first-order chi connectivity index (χ1) is 13.2. The Hall–Kier alpha value is -2.69. The summed E-state index contributed by atoms with van der Waals surface area (Å²) in [6.45, 7) is 0.873. The number of hydrogen-bond acceptors (Lipinski definition) is 4. The molecule has 1 heterocycles. The quantitative estimate of drug-likeness (QED) is 0.776. The van der Waals surface area contributed by atoms with Crippen LogP contribution in [0.3, 0.4) is 0 Å². The van der Waals surface area contributed by atoms with Crippen molar-refractivity contribution < 1.29 is 19.0 Å². The maximum atomic E-state index is 13.1. The van der Waals surface area contributed by atoms with E-state index in [2.05, 4.69) is 4.90 Å². The molecule has 1 aliphatic carbocycles. The van der Waals surface area contributed by atoms with Crippen LogP contribution in [-0.4, -0.2) is 30.8 Å². The molecule has 0 aromatic heterocycles. The molecular weight excluding hydrogens is 342 g/mol. The fourth-order valence-corrected chi connectivity index (χ4v) is 3.89. The standard InChI is InChI=1S/C22H25NO4/c1-25-19-9-6-16(7-10-19)13-22(24)23(18-4-2-3-5-18)14-17-8-11-20-21(12-17)27-15-26-20/h6-12,18H,2-5,13-15H2,1H3. The van der Waals surface area contributed by atoms with Crippen molar-refractivity contribution in [3.05, 3.63) is 53.6 Å². The highest BCUT2D eigenvalue weighted by Crippen LogP contribution is 2.34. The summed E-state index contributed by atoms with van der Waals surface area (Å²) < 4.78 is 16.1. The van der Waals surface area contributed by atoms with Crippen LogP contribution in [0.1, 0.15) is 36.8 Å². The van der Waals surface area contributed by atoms with E-state index in [9.17, 15) is 4.79 Å². The number of hydrogen-bond donors (Lipinski definition) is 0. The highest BCUT2D eigenvalue weighted by atomic mass is 16.7. The molecule has 1 aliphatic heterocycles. The fourth-order valence-electron chi connectivity index (χ4n) is 3.89. The van der Waals surface area contributed by atoms with Gasteiger partial charge in [0, 0.05) is 12.6 Å². The summed E-state index contributed by atoms with van der Waals surface area (Å²) >= 11 is 0. The summed E-state index contributed by atoms with van der Waals surface area (Å²) in [4.78, 5) is 15.2. The summed E-state index contributed by atoms with van der Waals surface area (Å²) in [6, 6.07) is 14.0. The summed E-state index contributed by atoms with van der Waals surface area (Å²) in [5, 5.41) is 0. The molecule has 1 saturated carbocycles. The summed E-state index contributed by atoms with van der Waals surface area (Å²) in [7, 11) is 1.65. The maximum absolute atomic E-state index is 13.1. The van der Waals surface area contributed by atoms with E-state index in [0.29, 0.717) is 19.0 Å². The number of amides is 1. The van der Waals surface area contributed by atoms with Gasteiger partial charge in [0.15, 0.2) is 11.5 Å². The molecule has 1 amide bonds. The van der Waals surface area contributed by atoms with E-state index in [1.165, 1.54) is 12.8 Å². The van der Waals surface area contributed by atoms with Gasteiger partial charge in [0.05, 0.1) is 13.5 Å². The molecular formula is C22H25NO4. The number of benzene rings is 2. The van der Waals surface area contributed by atoms with Crippen LogP contribution < -0.4 is 14.2 Å². The molecule has 1 fully saturated rings. The molecule has 0 unspecified atom stereocenters. The third-order valence-corrected chi connectivity index (χ3v) is 5.39. The van der Waals surface area contributed by atoms with E-state index in [1.54, 1.807) is 7.11 Å². The first kappa shape index (κ1) is 17.7. The van der Waals surface area contributed by atoms with Gasteiger partial charge in [0.25, 0.3) is 0 Å². The van der Waals surface area contributed by atoms with E-state index in [4.69, 9.17) is 14.2 Å². The van der Waals surface area contributed by atoms with Crippen molar-refractivity contribution in [1.29, 1.82) is 0 Å². The Balaban J connectivity index is 1.50. The Morgan fingerprint density at radius 1 is 1.04 bits per heavy atom. The van der Waals surface area contributed by atoms with E-state index < -0.39 is 0 Å². The topological polar surface area (TPSA) is 48.0 Å². The van der Waals surface area contributed by atoms with Crippen LogP contribution in [0.2, 0.25) is 0 Å². The summed E-state index contributed by atoms with van der Waals surface area (Å²) in [5.74, 6) is 2.51. The zero-order valence-electron chi connectivity index (χ0n) is 15.6. The van der Waals surface area contributed by atoms with E-state index >= 15 is 0 Å². The Kier molecular flexibility index (Phi) is 5.19. The van der Waals surface area contributed by atoms with Crippen LogP contribution in [0.4, 0.5) is 0 Å². The van der Waals surface area contributed by atoms with Gasteiger partial charge in [-0.2, -0.15) is 0 Å². The number of methoxy groups -OCH3 is 1. The molecule has 0 N–H and O–H groups in total. The first-order valence-electron chi connectivity index (χ1n) is 9.54. The number of carbonyl (C=O) groups is 1. The highest BCUT2D eigenvalue weighted by molar-refractivity contribution is 5.79. The van der Waals surface area contributed by atoms with Crippen molar-refractivity contribution in [3.8, 4) is 17.2 Å². The molecule has 27 heavy (non-hydrogen) atoms. The smallest absolute Gasteiger partial charge is 0.231 e. The molecule has 0 spiro atoms. The number of rotatable bonds is 6. The number of carbonyl (C=O) groups excluding carboxylic acids is 1. The molecule has 2 aromatic rings. The zero-order valence-corrected chi connectivity index (χ0v) is 15.6. The van der Waals surface area contributed by atoms with Crippen molar-refractivity contribution in [2.24, 2.45) is 0 Å². The Morgan fingerprint density at radius 2 is 1.74 bits per heavy atom. The van der Waals surface area contributed by atoms with Gasteiger partial charge < -0.3 is 19.1 Å². The fraction of sp³-hybridized carbons (Fsp3) is 0.409. The molecule has 4 rings (SSSR count). The lowest BCUT2D eigenvalue weighted by Gasteiger charge is -2.29. The van der Waals surface area contributed by atoms with Gasteiger partial charge in [0.1, 0.15) is 5.75 Å². The van der Waals surface area contributed by atoms with Crippen LogP contribution >= 0.6 is 0 Å². The van der Waals surface area contributed by atoms with E-state index in [-0.39, 0.29) is 12.7 Å². The third kappa shape index (κ3) is 4.02. The van der Waals surface area contributed by atoms with Crippen LogP contribution in [0.5, 0.6) is 17.2 Å². The molecule has 0 radical (unpaired) electrons. The highest BCUT2D eigenvalue weighted by Gasteiger charge is 2.27. The molecule has 2 aromatic carbocycles. The minimum Gasteiger partial charge on any atom is -0.497 e. The number of nitrogens with zero attached hydrogens (tertiary/aromatic N) is 1. The van der Waals surface area contributed by atoms with Crippen molar-refractivity contribution in [3.63, 3.8) is 0 Å². The van der Waals surface area contributed by atoms with Gasteiger partial charge in [-0.05, 0) is 48.2 Å². The first-order valence-corrected chi connectivity index (χ1v) is 9.54. The Bertz CT molecular complexity index is 796. The molecule has 2 aliphatic rings. The van der Waals surface area contributed by atoms with Gasteiger partial charge >= 0.3 is 0 Å². The van der Waals surface area contributed by atoms with Crippen molar-refractivity contribution >= 4 is 5.91 Å². The second-order valence-electron chi connectivity index (χ2n) is 7.17. The second kappa shape index (κ2) is 7.91. The lowest BCUT2D eigenvalue weighted by Crippen LogP contribution is -2.39. The van der Waals surface area contributed by atoms with Crippen LogP contribution in [0, 0.1) is 0 Å². The SMILES string of the molecule is COc1ccc(CC(=O)N(Cc2ccc3c(c2)OCO3)C2CCCC2)cc1. The lowest BCUT2D eigenvalue weighted by atomic mass is 10.1. The number of fused-ring (bicyclic) bond motifs is 1. The number of ether oxygens (including phenoxy) is 3. The predicted molar refractivity (Wildman–Crippen MR) is 102 cm³/mol. The largest absolute Gasteiger partial charge is 0.497 e. The van der Waals surface area contributed by atoms with Crippen molar-refractivity contribution in [2.75, 3.05) is 13.9 Å². The molecule has 0 bridgehead atoms.